The fourth-order valence-corrected chi connectivity index (χ4v) is 2.36. The molecule has 0 fully saturated rings. The molecule has 0 spiro atoms. The summed E-state index contributed by atoms with van der Waals surface area (Å²) in [7, 11) is 0. The molecule has 17 heavy (non-hydrogen) atoms. The Balaban J connectivity index is 2.17. The summed E-state index contributed by atoms with van der Waals surface area (Å²) in [5.41, 5.74) is 7.60. The predicted octanol–water partition coefficient (Wildman–Crippen LogP) is 4.36. The molecule has 85 valence electrons. The first-order chi connectivity index (χ1) is 8.31. The molecule has 0 atom stereocenters. The minimum absolute atomic E-state index is 1.08. The van der Waals surface area contributed by atoms with Gasteiger partial charge in [-0.25, -0.2) is 5.32 Å². The SMILES string of the molecule is CCc1ccc2c(c1)-c1cc(CC)ccc1[N]2. The molecule has 1 radical (unpaired) electrons. The van der Waals surface area contributed by atoms with E-state index >= 15 is 0 Å². The number of hydrogen-bond acceptors (Lipinski definition) is 0. The smallest absolute Gasteiger partial charge is 0.0716 e. The largest absolute Gasteiger partial charge is 0.248 e. The molecule has 0 amide bonds. The van der Waals surface area contributed by atoms with Crippen molar-refractivity contribution in [3.63, 3.8) is 0 Å². The minimum Gasteiger partial charge on any atom is -0.248 e. The molecule has 2 aromatic carbocycles. The third-order valence-electron chi connectivity index (χ3n) is 3.47. The summed E-state index contributed by atoms with van der Waals surface area (Å²) < 4.78 is 0. The average Bonchev–Trinajstić information content (AvgIpc) is 2.75. The van der Waals surface area contributed by atoms with Gasteiger partial charge in [-0.05, 0) is 48.2 Å². The lowest BCUT2D eigenvalue weighted by Crippen LogP contribution is -1.83. The van der Waals surface area contributed by atoms with E-state index in [1.54, 1.807) is 0 Å². The van der Waals surface area contributed by atoms with Crippen molar-refractivity contribution in [2.45, 2.75) is 26.7 Å². The van der Waals surface area contributed by atoms with Crippen LogP contribution in [-0.2, 0) is 12.8 Å². The molecule has 0 aromatic heterocycles. The maximum absolute atomic E-state index is 4.67. The normalized spacial score (nSPS) is 11.9. The van der Waals surface area contributed by atoms with Crippen LogP contribution in [0.15, 0.2) is 36.4 Å². The van der Waals surface area contributed by atoms with Crippen LogP contribution in [0.5, 0.6) is 0 Å². The van der Waals surface area contributed by atoms with Gasteiger partial charge < -0.3 is 0 Å². The van der Waals surface area contributed by atoms with Gasteiger partial charge in [-0.2, -0.15) is 0 Å². The number of benzene rings is 2. The molecule has 1 aliphatic heterocycles. The first-order valence-electron chi connectivity index (χ1n) is 6.29. The Morgan fingerprint density at radius 2 is 1.24 bits per heavy atom. The number of fused-ring (bicyclic) bond motifs is 3. The lowest BCUT2D eigenvalue weighted by Gasteiger charge is -2.03. The van der Waals surface area contributed by atoms with Crippen molar-refractivity contribution in [1.82, 2.24) is 5.32 Å². The molecule has 2 aromatic rings. The fourth-order valence-electron chi connectivity index (χ4n) is 2.36. The summed E-state index contributed by atoms with van der Waals surface area (Å²) in [5.74, 6) is 0. The molecule has 1 heteroatoms. The lowest BCUT2D eigenvalue weighted by molar-refractivity contribution is 1.13. The molecule has 0 aliphatic carbocycles. The molecule has 0 saturated carbocycles. The van der Waals surface area contributed by atoms with Gasteiger partial charge in [0.1, 0.15) is 0 Å². The quantitative estimate of drug-likeness (QED) is 0.611. The van der Waals surface area contributed by atoms with Crippen LogP contribution in [0.2, 0.25) is 0 Å². The van der Waals surface area contributed by atoms with Gasteiger partial charge in [0.25, 0.3) is 0 Å². The Kier molecular flexibility index (Phi) is 2.40. The van der Waals surface area contributed by atoms with Gasteiger partial charge in [-0.15, -0.1) is 0 Å². The van der Waals surface area contributed by atoms with Crippen LogP contribution in [0.4, 0.5) is 11.4 Å². The van der Waals surface area contributed by atoms with Crippen molar-refractivity contribution in [1.29, 1.82) is 0 Å². The summed E-state index contributed by atoms with van der Waals surface area (Å²) in [6.07, 6.45) is 2.16. The summed E-state index contributed by atoms with van der Waals surface area (Å²) in [6, 6.07) is 13.2. The predicted molar refractivity (Wildman–Crippen MR) is 72.1 cm³/mol. The molecule has 0 saturated heterocycles. The molecule has 1 aliphatic rings. The highest BCUT2D eigenvalue weighted by molar-refractivity contribution is 5.91. The van der Waals surface area contributed by atoms with Crippen molar-refractivity contribution < 1.29 is 0 Å². The van der Waals surface area contributed by atoms with Gasteiger partial charge in [0.05, 0.1) is 11.4 Å². The molecule has 1 nitrogen and oxygen atoms in total. The number of aryl methyl sites for hydroxylation is 2. The second-order valence-corrected chi connectivity index (χ2v) is 4.52. The highest BCUT2D eigenvalue weighted by Gasteiger charge is 2.19. The van der Waals surface area contributed by atoms with E-state index < -0.39 is 0 Å². The van der Waals surface area contributed by atoms with Crippen molar-refractivity contribution in [2.75, 3.05) is 0 Å². The third-order valence-corrected chi connectivity index (χ3v) is 3.47. The minimum atomic E-state index is 1.08. The van der Waals surface area contributed by atoms with Crippen LogP contribution < -0.4 is 5.32 Å². The lowest BCUT2D eigenvalue weighted by atomic mass is 10.00. The van der Waals surface area contributed by atoms with E-state index in [4.69, 9.17) is 0 Å². The van der Waals surface area contributed by atoms with Gasteiger partial charge in [-0.3, -0.25) is 0 Å². The first kappa shape index (κ1) is 10.4. The van der Waals surface area contributed by atoms with E-state index in [-0.39, 0.29) is 0 Å². The zero-order valence-electron chi connectivity index (χ0n) is 10.3. The second-order valence-electron chi connectivity index (χ2n) is 4.52. The van der Waals surface area contributed by atoms with E-state index in [0.717, 1.165) is 24.2 Å². The highest BCUT2D eigenvalue weighted by Crippen LogP contribution is 2.43. The van der Waals surface area contributed by atoms with E-state index in [0.29, 0.717) is 0 Å². The van der Waals surface area contributed by atoms with Crippen LogP contribution in [0.25, 0.3) is 11.1 Å². The summed E-state index contributed by atoms with van der Waals surface area (Å²) in [6.45, 7) is 4.38. The van der Waals surface area contributed by atoms with Gasteiger partial charge in [0, 0.05) is 11.1 Å². The van der Waals surface area contributed by atoms with E-state index in [1.165, 1.54) is 22.3 Å². The standard InChI is InChI=1S/C16H16N/c1-3-11-5-7-15-13(9-11)14-10-12(4-2)6-8-16(14)17-15/h5-10H,3-4H2,1-2H3. The van der Waals surface area contributed by atoms with E-state index in [9.17, 15) is 0 Å². The van der Waals surface area contributed by atoms with Crippen LogP contribution in [0.3, 0.4) is 0 Å². The summed E-state index contributed by atoms with van der Waals surface area (Å²) in [5, 5.41) is 4.67. The van der Waals surface area contributed by atoms with Crippen molar-refractivity contribution in [2.24, 2.45) is 0 Å². The number of nitrogens with zero attached hydrogens (tertiary/aromatic N) is 1. The molecular formula is C16H16N. The molecule has 3 rings (SSSR count). The van der Waals surface area contributed by atoms with Crippen LogP contribution in [0.1, 0.15) is 25.0 Å². The molecule has 0 bridgehead atoms. The molecule has 0 unspecified atom stereocenters. The van der Waals surface area contributed by atoms with Crippen molar-refractivity contribution in [3.8, 4) is 11.1 Å². The van der Waals surface area contributed by atoms with Gasteiger partial charge >= 0.3 is 0 Å². The number of hydrogen-bond donors (Lipinski definition) is 0. The monoisotopic (exact) mass is 222 g/mol. The van der Waals surface area contributed by atoms with Gasteiger partial charge in [0.2, 0.25) is 0 Å². The van der Waals surface area contributed by atoms with Crippen molar-refractivity contribution >= 4 is 11.4 Å². The Morgan fingerprint density at radius 3 is 1.65 bits per heavy atom. The Morgan fingerprint density at radius 1 is 0.765 bits per heavy atom. The molecule has 0 N–H and O–H groups in total. The molecular weight excluding hydrogens is 206 g/mol. The third kappa shape index (κ3) is 1.62. The second kappa shape index (κ2) is 3.92. The first-order valence-corrected chi connectivity index (χ1v) is 6.29. The average molecular weight is 222 g/mol. The van der Waals surface area contributed by atoms with Gasteiger partial charge in [0.15, 0.2) is 0 Å². The van der Waals surface area contributed by atoms with Crippen LogP contribution >= 0.6 is 0 Å². The Bertz CT molecular complexity index is 518. The fraction of sp³-hybridized carbons (Fsp3) is 0.250. The topological polar surface area (TPSA) is 14.1 Å². The maximum atomic E-state index is 4.67. The molecule has 1 heterocycles. The number of rotatable bonds is 2. The van der Waals surface area contributed by atoms with Crippen LogP contribution in [0, 0.1) is 0 Å². The van der Waals surface area contributed by atoms with Crippen molar-refractivity contribution in [3.05, 3.63) is 47.5 Å². The Hall–Kier alpha value is -1.76. The summed E-state index contributed by atoms with van der Waals surface area (Å²) in [4.78, 5) is 0. The highest BCUT2D eigenvalue weighted by atomic mass is 14.9. The zero-order valence-corrected chi connectivity index (χ0v) is 10.3. The Labute approximate surface area is 102 Å². The van der Waals surface area contributed by atoms with Crippen LogP contribution in [-0.4, -0.2) is 0 Å². The van der Waals surface area contributed by atoms with Gasteiger partial charge in [-0.1, -0.05) is 26.0 Å². The summed E-state index contributed by atoms with van der Waals surface area (Å²) >= 11 is 0. The van der Waals surface area contributed by atoms with E-state index in [2.05, 4.69) is 55.6 Å². The zero-order chi connectivity index (χ0) is 11.8. The maximum Gasteiger partial charge on any atom is 0.0716 e. The van der Waals surface area contributed by atoms with E-state index in [1.807, 2.05) is 0 Å².